The molecule has 1 atom stereocenters. The maximum absolute atomic E-state index is 6.01. The van der Waals surface area contributed by atoms with Gasteiger partial charge in [0, 0.05) is 6.61 Å². The van der Waals surface area contributed by atoms with Crippen molar-refractivity contribution in [1.82, 2.24) is 0 Å². The van der Waals surface area contributed by atoms with Crippen LogP contribution in [0.2, 0.25) is 0 Å². The van der Waals surface area contributed by atoms with Gasteiger partial charge in [-0.25, -0.2) is 0 Å². The van der Waals surface area contributed by atoms with Gasteiger partial charge in [-0.2, -0.15) is 0 Å². The zero-order chi connectivity index (χ0) is 19.5. The van der Waals surface area contributed by atoms with Crippen molar-refractivity contribution in [3.05, 3.63) is 35.4 Å². The minimum Gasteiger partial charge on any atom is -0.493 e. The number of aryl methyl sites for hydroxylation is 2. The maximum atomic E-state index is 6.01. The van der Waals surface area contributed by atoms with E-state index in [0.29, 0.717) is 13.2 Å². The Bertz CT molecular complexity index is 616. The number of ether oxygens (including phenoxy) is 3. The number of unbranched alkanes of at least 4 members (excludes halogenated alkanes) is 1. The summed E-state index contributed by atoms with van der Waals surface area (Å²) in [6, 6.07) is 4.07. The van der Waals surface area contributed by atoms with E-state index in [1.165, 1.54) is 0 Å². The molecule has 150 valence electrons. The van der Waals surface area contributed by atoms with Crippen molar-refractivity contribution in [2.45, 2.75) is 59.0 Å². The van der Waals surface area contributed by atoms with Crippen molar-refractivity contribution >= 4 is 5.71 Å². The lowest BCUT2D eigenvalue weighted by Crippen LogP contribution is -2.19. The smallest absolute Gasteiger partial charge is 0.125 e. The third-order valence-electron chi connectivity index (χ3n) is 4.60. The lowest BCUT2D eigenvalue weighted by atomic mass is 10.1. The molecule has 1 fully saturated rings. The molecular weight excluding hydrogens is 342 g/mol. The highest BCUT2D eigenvalue weighted by atomic mass is 16.6. The first-order chi connectivity index (χ1) is 13.2. The van der Waals surface area contributed by atoms with Crippen LogP contribution < -0.4 is 9.47 Å². The topological polar surface area (TPSA) is 49.3 Å². The summed E-state index contributed by atoms with van der Waals surface area (Å²) in [5.41, 5.74) is 3.25. The highest BCUT2D eigenvalue weighted by molar-refractivity contribution is 5.90. The molecule has 0 N–H and O–H groups in total. The number of rotatable bonds is 11. The van der Waals surface area contributed by atoms with Crippen LogP contribution in [-0.4, -0.2) is 38.7 Å². The van der Waals surface area contributed by atoms with Crippen LogP contribution in [0.25, 0.3) is 0 Å². The molecule has 0 bridgehead atoms. The van der Waals surface area contributed by atoms with Crippen LogP contribution in [0, 0.1) is 13.8 Å². The van der Waals surface area contributed by atoms with Crippen LogP contribution >= 0.6 is 0 Å². The molecule has 5 nitrogen and oxygen atoms in total. The quantitative estimate of drug-likeness (QED) is 0.311. The van der Waals surface area contributed by atoms with Crippen LogP contribution in [0.4, 0.5) is 0 Å². The van der Waals surface area contributed by atoms with E-state index in [1.54, 1.807) is 7.11 Å². The fourth-order valence-electron chi connectivity index (χ4n) is 3.26. The largest absolute Gasteiger partial charge is 0.493 e. The minimum atomic E-state index is 0.130. The molecule has 0 spiro atoms. The van der Waals surface area contributed by atoms with Crippen LogP contribution in [0.1, 0.15) is 50.2 Å². The first-order valence-corrected chi connectivity index (χ1v) is 9.85. The average molecular weight is 376 g/mol. The summed E-state index contributed by atoms with van der Waals surface area (Å²) in [5.74, 6) is 1.84. The normalized spacial score (nSPS) is 18.4. The molecule has 0 heterocycles. The molecule has 0 aliphatic heterocycles. The van der Waals surface area contributed by atoms with Crippen molar-refractivity contribution < 1.29 is 19.0 Å². The first-order valence-electron chi connectivity index (χ1n) is 9.85. The Morgan fingerprint density at radius 2 is 1.85 bits per heavy atom. The van der Waals surface area contributed by atoms with Gasteiger partial charge in [-0.15, -0.1) is 0 Å². The Morgan fingerprint density at radius 1 is 1.11 bits per heavy atom. The number of oxime groups is 1. The highest BCUT2D eigenvalue weighted by Crippen LogP contribution is 2.28. The second kappa shape index (κ2) is 11.7. The molecule has 1 aliphatic carbocycles. The summed E-state index contributed by atoms with van der Waals surface area (Å²) in [4.78, 5) is 4.88. The van der Waals surface area contributed by atoms with E-state index >= 15 is 0 Å². The molecule has 1 unspecified atom stereocenters. The van der Waals surface area contributed by atoms with E-state index in [2.05, 4.69) is 19.0 Å². The molecule has 1 saturated carbocycles. The van der Waals surface area contributed by atoms with Gasteiger partial charge >= 0.3 is 0 Å². The van der Waals surface area contributed by atoms with Crippen LogP contribution in [0.15, 0.2) is 29.4 Å². The lowest BCUT2D eigenvalue weighted by molar-refractivity contribution is 0.0889. The molecule has 2 rings (SSSR count). The second-order valence-electron chi connectivity index (χ2n) is 6.84. The summed E-state index contributed by atoms with van der Waals surface area (Å²) < 4.78 is 17.7. The minimum absolute atomic E-state index is 0.130. The summed E-state index contributed by atoms with van der Waals surface area (Å²) in [5, 5.41) is 4.06. The van der Waals surface area contributed by atoms with E-state index in [0.717, 1.165) is 67.0 Å². The molecule has 0 aromatic heterocycles. The third kappa shape index (κ3) is 6.90. The molecule has 0 amide bonds. The summed E-state index contributed by atoms with van der Waals surface area (Å²) in [6.45, 7) is 8.12. The van der Waals surface area contributed by atoms with Crippen molar-refractivity contribution in [3.63, 3.8) is 0 Å². The number of nitrogens with zero attached hydrogens (tertiary/aromatic N) is 1. The molecule has 1 aromatic carbocycles. The van der Waals surface area contributed by atoms with Gasteiger partial charge in [0.05, 0.1) is 18.4 Å². The Labute approximate surface area is 163 Å². The monoisotopic (exact) mass is 375 g/mol. The van der Waals surface area contributed by atoms with Gasteiger partial charge in [-0.1, -0.05) is 17.3 Å². The fraction of sp³-hybridized carbons (Fsp3) is 0.591. The summed E-state index contributed by atoms with van der Waals surface area (Å²) in [7, 11) is 1.59. The van der Waals surface area contributed by atoms with Crippen LogP contribution in [0.5, 0.6) is 11.5 Å². The van der Waals surface area contributed by atoms with E-state index in [1.807, 2.05) is 31.2 Å². The Kier molecular flexibility index (Phi) is 9.19. The van der Waals surface area contributed by atoms with Crippen LogP contribution in [-0.2, 0) is 9.57 Å². The Balaban J connectivity index is 1.70. The molecule has 1 aliphatic rings. The molecule has 27 heavy (non-hydrogen) atoms. The maximum Gasteiger partial charge on any atom is 0.125 e. The average Bonchev–Trinajstić information content (AvgIpc) is 3.07. The summed E-state index contributed by atoms with van der Waals surface area (Å²) >= 11 is 0. The highest BCUT2D eigenvalue weighted by Gasteiger charge is 2.23. The molecule has 0 saturated heterocycles. The number of allylic oxidation sites excluding steroid dienone is 1. The molecular formula is C22H33NO4. The van der Waals surface area contributed by atoms with E-state index in [-0.39, 0.29) is 6.10 Å². The zero-order valence-electron chi connectivity index (χ0n) is 17.1. The van der Waals surface area contributed by atoms with Crippen molar-refractivity contribution in [3.8, 4) is 11.5 Å². The predicted molar refractivity (Wildman–Crippen MR) is 109 cm³/mol. The van der Waals surface area contributed by atoms with Gasteiger partial charge in [-0.3, -0.25) is 0 Å². The number of hydrogen-bond donors (Lipinski definition) is 0. The molecule has 1 aromatic rings. The molecule has 0 radical (unpaired) electrons. The third-order valence-corrected chi connectivity index (χ3v) is 4.60. The lowest BCUT2D eigenvalue weighted by Gasteiger charge is -2.15. The van der Waals surface area contributed by atoms with Gasteiger partial charge in [0.2, 0.25) is 0 Å². The zero-order valence-corrected chi connectivity index (χ0v) is 17.1. The van der Waals surface area contributed by atoms with Crippen molar-refractivity contribution in [1.29, 1.82) is 0 Å². The fourth-order valence-corrected chi connectivity index (χ4v) is 3.26. The Hall–Kier alpha value is -2.01. The van der Waals surface area contributed by atoms with Crippen molar-refractivity contribution in [2.75, 3.05) is 26.9 Å². The van der Waals surface area contributed by atoms with E-state index in [9.17, 15) is 0 Å². The van der Waals surface area contributed by atoms with E-state index in [4.69, 9.17) is 19.0 Å². The molecule has 5 heteroatoms. The first kappa shape index (κ1) is 21.3. The van der Waals surface area contributed by atoms with Gasteiger partial charge in [0.1, 0.15) is 25.2 Å². The van der Waals surface area contributed by atoms with Gasteiger partial charge in [0.25, 0.3) is 0 Å². The Morgan fingerprint density at radius 3 is 2.56 bits per heavy atom. The van der Waals surface area contributed by atoms with Gasteiger partial charge in [0.15, 0.2) is 0 Å². The van der Waals surface area contributed by atoms with Gasteiger partial charge in [-0.05, 0) is 76.1 Å². The number of benzene rings is 1. The second-order valence-corrected chi connectivity index (χ2v) is 6.84. The SMILES string of the molecule is C/C=C/COc1cc(C)c(OCCCCOC2CCC/C2=N\OC)c(C)c1. The van der Waals surface area contributed by atoms with Gasteiger partial charge < -0.3 is 19.0 Å². The number of hydrogen-bond acceptors (Lipinski definition) is 5. The van der Waals surface area contributed by atoms with Crippen molar-refractivity contribution in [2.24, 2.45) is 5.16 Å². The standard InChI is InChI=1S/C22H33NO4/c1-5-6-12-25-19-15-17(2)22(18(3)16-19)27-14-8-7-13-26-21-11-9-10-20(21)23-24-4/h5-6,15-16,21H,7-14H2,1-4H3/b6-5+,23-20+. The van der Waals surface area contributed by atoms with E-state index < -0.39 is 0 Å². The summed E-state index contributed by atoms with van der Waals surface area (Å²) in [6.07, 6.45) is 9.19. The predicted octanol–water partition coefficient (Wildman–Crippen LogP) is 4.99. The van der Waals surface area contributed by atoms with Crippen LogP contribution in [0.3, 0.4) is 0 Å².